The van der Waals surface area contributed by atoms with E-state index in [4.69, 9.17) is 9.47 Å². The SMILES string of the molecule is CCOC(=O)C(O)(COC)C1CC1. The number of carbonyl (C=O) groups is 1. The van der Waals surface area contributed by atoms with Crippen LogP contribution in [0.3, 0.4) is 0 Å². The largest absolute Gasteiger partial charge is 0.464 e. The highest BCUT2D eigenvalue weighted by atomic mass is 16.6. The van der Waals surface area contributed by atoms with Gasteiger partial charge in [0.1, 0.15) is 0 Å². The quantitative estimate of drug-likeness (QED) is 0.632. The van der Waals surface area contributed by atoms with Gasteiger partial charge in [-0.3, -0.25) is 0 Å². The van der Waals surface area contributed by atoms with Crippen molar-refractivity contribution in [2.24, 2.45) is 5.92 Å². The van der Waals surface area contributed by atoms with Crippen LogP contribution in [0.1, 0.15) is 19.8 Å². The van der Waals surface area contributed by atoms with Crippen molar-refractivity contribution in [3.63, 3.8) is 0 Å². The molecule has 76 valence electrons. The van der Waals surface area contributed by atoms with E-state index in [0.717, 1.165) is 12.8 Å². The van der Waals surface area contributed by atoms with Crippen molar-refractivity contribution < 1.29 is 19.4 Å². The minimum Gasteiger partial charge on any atom is -0.464 e. The van der Waals surface area contributed by atoms with E-state index in [1.54, 1.807) is 6.92 Å². The average Bonchev–Trinajstić information content (AvgIpc) is 2.87. The summed E-state index contributed by atoms with van der Waals surface area (Å²) in [6.07, 6.45) is 1.75. The molecule has 0 amide bonds. The normalized spacial score (nSPS) is 20.8. The lowest BCUT2D eigenvalue weighted by atomic mass is 9.99. The Morgan fingerprint density at radius 1 is 1.62 bits per heavy atom. The maximum Gasteiger partial charge on any atom is 0.340 e. The Balaban J connectivity index is 2.59. The lowest BCUT2D eigenvalue weighted by Crippen LogP contribution is -2.46. The van der Waals surface area contributed by atoms with Crippen molar-refractivity contribution in [3.05, 3.63) is 0 Å². The molecule has 0 bridgehead atoms. The zero-order valence-electron chi connectivity index (χ0n) is 8.08. The van der Waals surface area contributed by atoms with E-state index in [1.165, 1.54) is 7.11 Å². The van der Waals surface area contributed by atoms with E-state index in [2.05, 4.69) is 0 Å². The van der Waals surface area contributed by atoms with Gasteiger partial charge < -0.3 is 14.6 Å². The Hall–Kier alpha value is -0.610. The number of rotatable bonds is 5. The Labute approximate surface area is 77.8 Å². The first-order valence-electron chi connectivity index (χ1n) is 4.53. The predicted octanol–water partition coefficient (Wildman–Crippen LogP) is 0.337. The van der Waals surface area contributed by atoms with Crippen LogP contribution in [0.5, 0.6) is 0 Å². The summed E-state index contributed by atoms with van der Waals surface area (Å²) in [5.74, 6) is -0.536. The van der Waals surface area contributed by atoms with E-state index in [9.17, 15) is 9.90 Å². The first kappa shape index (κ1) is 10.5. The molecular weight excluding hydrogens is 172 g/mol. The summed E-state index contributed by atoms with van der Waals surface area (Å²) < 4.78 is 9.62. The molecule has 1 atom stereocenters. The monoisotopic (exact) mass is 188 g/mol. The van der Waals surface area contributed by atoms with Crippen LogP contribution in [0, 0.1) is 5.92 Å². The van der Waals surface area contributed by atoms with E-state index in [1.807, 2.05) is 0 Å². The summed E-state index contributed by atoms with van der Waals surface area (Å²) in [6.45, 7) is 2.03. The molecule has 1 N–H and O–H groups in total. The summed E-state index contributed by atoms with van der Waals surface area (Å²) in [4.78, 5) is 11.4. The lowest BCUT2D eigenvalue weighted by Gasteiger charge is -2.24. The minimum atomic E-state index is -1.41. The molecule has 1 rings (SSSR count). The van der Waals surface area contributed by atoms with Crippen LogP contribution in [0.25, 0.3) is 0 Å². The van der Waals surface area contributed by atoms with Crippen molar-refractivity contribution in [1.29, 1.82) is 0 Å². The van der Waals surface area contributed by atoms with Gasteiger partial charge in [0.15, 0.2) is 5.60 Å². The minimum absolute atomic E-state index is 0.0199. The molecule has 0 aliphatic heterocycles. The molecule has 0 saturated heterocycles. The third kappa shape index (κ3) is 2.19. The fourth-order valence-electron chi connectivity index (χ4n) is 1.38. The van der Waals surface area contributed by atoms with Crippen molar-refractivity contribution in [3.8, 4) is 0 Å². The molecule has 4 nitrogen and oxygen atoms in total. The fraction of sp³-hybridized carbons (Fsp3) is 0.889. The Bertz CT molecular complexity index is 188. The van der Waals surface area contributed by atoms with Gasteiger partial charge in [-0.2, -0.15) is 0 Å². The van der Waals surface area contributed by atoms with Gasteiger partial charge in [-0.15, -0.1) is 0 Å². The highest BCUT2D eigenvalue weighted by Crippen LogP contribution is 2.40. The topological polar surface area (TPSA) is 55.8 Å². The molecule has 1 aliphatic rings. The molecule has 0 spiro atoms. The Kier molecular flexibility index (Phi) is 3.27. The maximum absolute atomic E-state index is 11.4. The molecular formula is C9H16O4. The molecule has 0 aromatic rings. The van der Waals surface area contributed by atoms with Gasteiger partial charge in [-0.1, -0.05) is 0 Å². The first-order valence-corrected chi connectivity index (χ1v) is 4.53. The van der Waals surface area contributed by atoms with Crippen LogP contribution in [0.2, 0.25) is 0 Å². The van der Waals surface area contributed by atoms with Crippen LogP contribution < -0.4 is 0 Å². The average molecular weight is 188 g/mol. The molecule has 0 aromatic heterocycles. The highest BCUT2D eigenvalue weighted by molar-refractivity contribution is 5.80. The van der Waals surface area contributed by atoms with Gasteiger partial charge in [0, 0.05) is 13.0 Å². The summed E-state index contributed by atoms with van der Waals surface area (Å²) in [5.41, 5.74) is -1.41. The molecule has 13 heavy (non-hydrogen) atoms. The van der Waals surface area contributed by atoms with Gasteiger partial charge >= 0.3 is 5.97 Å². The molecule has 1 fully saturated rings. The number of aliphatic hydroxyl groups is 1. The van der Waals surface area contributed by atoms with Crippen LogP contribution in [-0.4, -0.2) is 37.0 Å². The van der Waals surface area contributed by atoms with E-state index in [-0.39, 0.29) is 19.1 Å². The summed E-state index contributed by atoms with van der Waals surface area (Å²) in [5, 5.41) is 9.95. The van der Waals surface area contributed by atoms with Crippen molar-refractivity contribution in [1.82, 2.24) is 0 Å². The highest BCUT2D eigenvalue weighted by Gasteiger charge is 2.50. The number of hydrogen-bond acceptors (Lipinski definition) is 4. The first-order chi connectivity index (χ1) is 6.15. The Morgan fingerprint density at radius 2 is 2.23 bits per heavy atom. The molecule has 0 radical (unpaired) electrons. The lowest BCUT2D eigenvalue weighted by molar-refractivity contribution is -0.173. The van der Waals surface area contributed by atoms with E-state index in [0.29, 0.717) is 0 Å². The van der Waals surface area contributed by atoms with Gasteiger partial charge in [0.2, 0.25) is 0 Å². The second-order valence-corrected chi connectivity index (χ2v) is 3.35. The van der Waals surface area contributed by atoms with Crippen LogP contribution >= 0.6 is 0 Å². The van der Waals surface area contributed by atoms with Gasteiger partial charge in [-0.25, -0.2) is 4.79 Å². The number of hydrogen-bond donors (Lipinski definition) is 1. The van der Waals surface area contributed by atoms with Crippen LogP contribution in [-0.2, 0) is 14.3 Å². The summed E-state index contributed by atoms with van der Waals surface area (Å²) >= 11 is 0. The van der Waals surface area contributed by atoms with Gasteiger partial charge in [0.05, 0.1) is 13.2 Å². The maximum atomic E-state index is 11.4. The van der Waals surface area contributed by atoms with Crippen molar-refractivity contribution in [2.75, 3.05) is 20.3 Å². The van der Waals surface area contributed by atoms with E-state index < -0.39 is 11.6 Å². The second-order valence-electron chi connectivity index (χ2n) is 3.35. The fourth-order valence-corrected chi connectivity index (χ4v) is 1.38. The molecule has 4 heteroatoms. The van der Waals surface area contributed by atoms with Gasteiger partial charge in [-0.05, 0) is 19.8 Å². The standard InChI is InChI=1S/C9H16O4/c1-3-13-8(10)9(11,6-12-2)7-4-5-7/h7,11H,3-6H2,1-2H3. The Morgan fingerprint density at radius 3 is 2.62 bits per heavy atom. The number of carbonyl (C=O) groups excluding carboxylic acids is 1. The zero-order chi connectivity index (χ0) is 9.90. The number of ether oxygens (including phenoxy) is 2. The number of methoxy groups -OCH3 is 1. The molecule has 1 saturated carbocycles. The molecule has 1 aliphatic carbocycles. The predicted molar refractivity (Wildman–Crippen MR) is 46.2 cm³/mol. The third-order valence-electron chi connectivity index (χ3n) is 2.25. The molecule has 1 unspecified atom stereocenters. The zero-order valence-corrected chi connectivity index (χ0v) is 8.08. The smallest absolute Gasteiger partial charge is 0.340 e. The molecule has 0 aromatic carbocycles. The summed E-state index contributed by atoms with van der Waals surface area (Å²) in [7, 11) is 1.46. The van der Waals surface area contributed by atoms with Crippen LogP contribution in [0.15, 0.2) is 0 Å². The van der Waals surface area contributed by atoms with Crippen LogP contribution in [0.4, 0.5) is 0 Å². The molecule has 0 heterocycles. The summed E-state index contributed by atoms with van der Waals surface area (Å²) in [6, 6.07) is 0. The third-order valence-corrected chi connectivity index (χ3v) is 2.25. The number of esters is 1. The van der Waals surface area contributed by atoms with Crippen molar-refractivity contribution in [2.45, 2.75) is 25.4 Å². The van der Waals surface area contributed by atoms with Gasteiger partial charge in [0.25, 0.3) is 0 Å². The van der Waals surface area contributed by atoms with E-state index >= 15 is 0 Å². The second kappa shape index (κ2) is 4.07. The van der Waals surface area contributed by atoms with Crippen molar-refractivity contribution >= 4 is 5.97 Å².